The van der Waals surface area contributed by atoms with Crippen molar-refractivity contribution in [2.75, 3.05) is 13.1 Å². The first-order valence-corrected chi connectivity index (χ1v) is 5.70. The number of carbonyl (C=O) groups is 1. The fourth-order valence-corrected chi connectivity index (χ4v) is 1.72. The summed E-state index contributed by atoms with van der Waals surface area (Å²) >= 11 is 0. The van der Waals surface area contributed by atoms with Crippen LogP contribution in [0.5, 0.6) is 0 Å². The monoisotopic (exact) mass is 250 g/mol. The lowest BCUT2D eigenvalue weighted by atomic mass is 10.1. The highest BCUT2D eigenvalue weighted by Gasteiger charge is 2.37. The number of alkyl halides is 2. The molecule has 1 aliphatic heterocycles. The summed E-state index contributed by atoms with van der Waals surface area (Å²) in [6, 6.07) is -0.708. The minimum Gasteiger partial charge on any atom is -0.444 e. The molecule has 0 spiro atoms. The van der Waals surface area contributed by atoms with Gasteiger partial charge >= 0.3 is 6.09 Å². The summed E-state index contributed by atoms with van der Waals surface area (Å²) in [6.45, 7) is 5.30. The van der Waals surface area contributed by atoms with Gasteiger partial charge in [-0.15, -0.1) is 0 Å². The summed E-state index contributed by atoms with van der Waals surface area (Å²) < 4.78 is 31.6. The third kappa shape index (κ3) is 4.85. The lowest BCUT2D eigenvalue weighted by Crippen LogP contribution is -2.42. The van der Waals surface area contributed by atoms with Crippen LogP contribution < -0.4 is 5.73 Å². The highest BCUT2D eigenvalue weighted by atomic mass is 19.3. The molecule has 2 N–H and O–H groups in total. The van der Waals surface area contributed by atoms with E-state index < -0.39 is 23.7 Å². The van der Waals surface area contributed by atoms with Crippen LogP contribution in [-0.4, -0.2) is 41.6 Å². The molecule has 1 fully saturated rings. The normalized spacial score (nSPS) is 25.3. The van der Waals surface area contributed by atoms with Crippen LogP contribution in [0.2, 0.25) is 0 Å². The average Bonchev–Trinajstić information content (AvgIpc) is 2.20. The number of hydrogen-bond donors (Lipinski definition) is 1. The minimum absolute atomic E-state index is 0.0182. The quantitative estimate of drug-likeness (QED) is 0.715. The molecule has 0 aromatic heterocycles. The van der Waals surface area contributed by atoms with E-state index in [2.05, 4.69) is 0 Å². The summed E-state index contributed by atoms with van der Waals surface area (Å²) in [5.41, 5.74) is 4.94. The Morgan fingerprint density at radius 1 is 1.47 bits per heavy atom. The van der Waals surface area contributed by atoms with Gasteiger partial charge in [0.1, 0.15) is 5.60 Å². The van der Waals surface area contributed by atoms with Crippen LogP contribution in [0.25, 0.3) is 0 Å². The zero-order valence-electron chi connectivity index (χ0n) is 10.5. The van der Waals surface area contributed by atoms with Crippen molar-refractivity contribution in [3.63, 3.8) is 0 Å². The molecule has 0 bridgehead atoms. The summed E-state index contributed by atoms with van der Waals surface area (Å²) in [4.78, 5) is 13.0. The van der Waals surface area contributed by atoms with Crippen molar-refractivity contribution in [1.82, 2.24) is 4.90 Å². The molecule has 6 heteroatoms. The third-order valence-electron chi connectivity index (χ3n) is 2.41. The van der Waals surface area contributed by atoms with Crippen LogP contribution in [0.1, 0.15) is 33.6 Å². The Bertz CT molecular complexity index is 290. The zero-order valence-corrected chi connectivity index (χ0v) is 10.5. The van der Waals surface area contributed by atoms with Crippen molar-refractivity contribution in [3.05, 3.63) is 0 Å². The average molecular weight is 250 g/mol. The number of nitrogens with zero attached hydrogens (tertiary/aromatic N) is 1. The second-order valence-electron chi connectivity index (χ2n) is 5.50. The van der Waals surface area contributed by atoms with E-state index in [-0.39, 0.29) is 25.9 Å². The summed E-state index contributed by atoms with van der Waals surface area (Å²) in [5.74, 6) is -2.80. The van der Waals surface area contributed by atoms with Crippen molar-refractivity contribution >= 4 is 6.09 Å². The molecule has 4 nitrogen and oxygen atoms in total. The van der Waals surface area contributed by atoms with Crippen LogP contribution in [0.15, 0.2) is 0 Å². The SMILES string of the molecule is CC(C)(C)OC(=O)N1CCC(F)(F)CC(N)C1. The van der Waals surface area contributed by atoms with E-state index in [1.165, 1.54) is 4.90 Å². The van der Waals surface area contributed by atoms with E-state index in [9.17, 15) is 13.6 Å². The first-order valence-electron chi connectivity index (χ1n) is 5.70. The fraction of sp³-hybridized carbons (Fsp3) is 0.909. The molecule has 1 heterocycles. The molecule has 0 saturated carbocycles. The number of amides is 1. The number of likely N-dealkylation sites (tertiary alicyclic amines) is 1. The van der Waals surface area contributed by atoms with Crippen molar-refractivity contribution < 1.29 is 18.3 Å². The third-order valence-corrected chi connectivity index (χ3v) is 2.41. The van der Waals surface area contributed by atoms with E-state index in [1.807, 2.05) is 0 Å². The number of hydrogen-bond acceptors (Lipinski definition) is 3. The van der Waals surface area contributed by atoms with Crippen LogP contribution >= 0.6 is 0 Å². The van der Waals surface area contributed by atoms with Crippen LogP contribution in [0.3, 0.4) is 0 Å². The van der Waals surface area contributed by atoms with Gasteiger partial charge in [0, 0.05) is 32.0 Å². The van der Waals surface area contributed by atoms with E-state index in [0.717, 1.165) is 0 Å². The predicted octanol–water partition coefficient (Wildman–Crippen LogP) is 1.98. The maximum Gasteiger partial charge on any atom is 0.410 e. The molecule has 100 valence electrons. The van der Waals surface area contributed by atoms with Gasteiger partial charge in [0.15, 0.2) is 0 Å². The van der Waals surface area contributed by atoms with Crippen molar-refractivity contribution in [2.45, 2.75) is 51.2 Å². The molecule has 0 aliphatic carbocycles. The van der Waals surface area contributed by atoms with Crippen molar-refractivity contribution in [1.29, 1.82) is 0 Å². The number of ether oxygens (including phenoxy) is 1. The Balaban J connectivity index is 2.63. The number of halogens is 2. The number of rotatable bonds is 0. The Kier molecular flexibility index (Phi) is 3.96. The molecular formula is C11H20F2N2O2. The van der Waals surface area contributed by atoms with E-state index in [4.69, 9.17) is 10.5 Å². The van der Waals surface area contributed by atoms with Gasteiger partial charge in [-0.3, -0.25) is 0 Å². The Labute approximate surface area is 100 Å². The lowest BCUT2D eigenvalue weighted by Gasteiger charge is -2.27. The number of carbonyl (C=O) groups excluding carboxylic acids is 1. The molecule has 1 amide bonds. The largest absolute Gasteiger partial charge is 0.444 e. The molecule has 0 aromatic rings. The molecule has 17 heavy (non-hydrogen) atoms. The van der Waals surface area contributed by atoms with Gasteiger partial charge in [-0.25, -0.2) is 13.6 Å². The second kappa shape index (κ2) is 4.76. The van der Waals surface area contributed by atoms with Crippen LogP contribution in [-0.2, 0) is 4.74 Å². The van der Waals surface area contributed by atoms with Crippen LogP contribution in [0.4, 0.5) is 13.6 Å². The van der Waals surface area contributed by atoms with E-state index in [1.54, 1.807) is 20.8 Å². The molecular weight excluding hydrogens is 230 g/mol. The first-order chi connectivity index (χ1) is 7.59. The summed E-state index contributed by atoms with van der Waals surface area (Å²) in [7, 11) is 0. The van der Waals surface area contributed by atoms with Crippen molar-refractivity contribution in [3.8, 4) is 0 Å². The van der Waals surface area contributed by atoms with Gasteiger partial charge < -0.3 is 15.4 Å². The lowest BCUT2D eigenvalue weighted by molar-refractivity contribution is -0.0169. The fourth-order valence-electron chi connectivity index (χ4n) is 1.72. The minimum atomic E-state index is -2.80. The van der Waals surface area contributed by atoms with Gasteiger partial charge in [0.25, 0.3) is 5.92 Å². The van der Waals surface area contributed by atoms with Crippen LogP contribution in [0, 0.1) is 0 Å². The Morgan fingerprint density at radius 3 is 2.59 bits per heavy atom. The predicted molar refractivity (Wildman–Crippen MR) is 60.0 cm³/mol. The van der Waals surface area contributed by atoms with Gasteiger partial charge in [0.05, 0.1) is 0 Å². The summed E-state index contributed by atoms with van der Waals surface area (Å²) in [6.07, 6.45) is -1.32. The molecule has 1 unspecified atom stereocenters. The Hall–Kier alpha value is -0.910. The van der Waals surface area contributed by atoms with Gasteiger partial charge in [0.2, 0.25) is 0 Å². The van der Waals surface area contributed by atoms with E-state index in [0.29, 0.717) is 0 Å². The molecule has 1 saturated heterocycles. The molecule has 1 rings (SSSR count). The maximum absolute atomic E-state index is 13.2. The summed E-state index contributed by atoms with van der Waals surface area (Å²) in [5, 5.41) is 0. The second-order valence-corrected chi connectivity index (χ2v) is 5.50. The Morgan fingerprint density at radius 2 is 2.06 bits per heavy atom. The standard InChI is InChI=1S/C11H20F2N2O2/c1-10(2,3)17-9(16)15-5-4-11(12,13)6-8(14)7-15/h8H,4-7,14H2,1-3H3. The maximum atomic E-state index is 13.2. The number of nitrogens with two attached hydrogens (primary N) is 1. The molecule has 1 atom stereocenters. The van der Waals surface area contributed by atoms with Gasteiger partial charge in [-0.2, -0.15) is 0 Å². The first kappa shape index (κ1) is 14.2. The molecule has 1 aliphatic rings. The highest BCUT2D eigenvalue weighted by Crippen LogP contribution is 2.27. The highest BCUT2D eigenvalue weighted by molar-refractivity contribution is 5.68. The van der Waals surface area contributed by atoms with Crippen molar-refractivity contribution in [2.24, 2.45) is 5.73 Å². The topological polar surface area (TPSA) is 55.6 Å². The van der Waals surface area contributed by atoms with Gasteiger partial charge in [-0.05, 0) is 20.8 Å². The molecule has 0 aromatic carbocycles. The molecule has 0 radical (unpaired) electrons. The zero-order chi connectivity index (χ0) is 13.3. The van der Waals surface area contributed by atoms with E-state index >= 15 is 0 Å². The smallest absolute Gasteiger partial charge is 0.410 e. The van der Waals surface area contributed by atoms with Gasteiger partial charge in [-0.1, -0.05) is 0 Å².